The number of nitrogens with one attached hydrogen (secondary N) is 1. The maximum Gasteiger partial charge on any atom is 0.242 e. The number of rotatable bonds is 10. The molecule has 0 spiro atoms. The second kappa shape index (κ2) is 11.2. The van der Waals surface area contributed by atoms with Gasteiger partial charge in [0, 0.05) is 47.7 Å². The van der Waals surface area contributed by atoms with E-state index in [-0.39, 0.29) is 18.4 Å². The minimum atomic E-state index is -0.535. The van der Waals surface area contributed by atoms with Crippen LogP contribution in [0.25, 0.3) is 10.9 Å². The Labute approximate surface area is 202 Å². The lowest BCUT2D eigenvalue weighted by molar-refractivity contribution is -0.145. The number of amides is 2. The number of aromatic amines is 1. The number of aromatic nitrogens is 1. The van der Waals surface area contributed by atoms with Crippen LogP contribution in [-0.2, 0) is 22.6 Å². The minimum absolute atomic E-state index is 0.00318. The number of hydrogen-bond acceptors (Lipinski definition) is 3. The smallest absolute Gasteiger partial charge is 0.242 e. The third-order valence-corrected chi connectivity index (χ3v) is 5.98. The molecule has 1 aromatic heterocycles. The average molecular weight is 464 g/mol. The number of benzene rings is 2. The fraction of sp³-hybridized carbons (Fsp3) is 0.429. The largest absolute Gasteiger partial charge is 0.496 e. The number of H-pyrrole nitrogens is 1. The first-order valence-electron chi connectivity index (χ1n) is 12.0. The molecule has 6 heteroatoms. The summed E-state index contributed by atoms with van der Waals surface area (Å²) in [6.45, 7) is 9.32. The Morgan fingerprint density at radius 2 is 1.65 bits per heavy atom. The standard InChI is InChI=1S/C28H37N3O3/c1-6-16-31(27(33)28(2,3)4)20-26(32)30(19-22-11-7-10-14-25(22)34-5)17-15-21-18-29-24-13-9-8-12-23(21)24/h7-14,18,29H,6,15-17,19-20H2,1-5H3. The molecule has 1 N–H and O–H groups in total. The number of fused-ring (bicyclic) bond motifs is 1. The number of methoxy groups -OCH3 is 1. The Balaban J connectivity index is 1.83. The fourth-order valence-corrected chi connectivity index (χ4v) is 4.18. The van der Waals surface area contributed by atoms with Crippen LogP contribution in [0.1, 0.15) is 45.2 Å². The van der Waals surface area contributed by atoms with Gasteiger partial charge in [-0.1, -0.05) is 64.1 Å². The number of ether oxygens (including phenoxy) is 1. The van der Waals surface area contributed by atoms with E-state index in [1.54, 1.807) is 12.0 Å². The van der Waals surface area contributed by atoms with Crippen molar-refractivity contribution in [2.24, 2.45) is 5.41 Å². The third kappa shape index (κ3) is 6.19. The van der Waals surface area contributed by atoms with Gasteiger partial charge in [0.15, 0.2) is 0 Å². The van der Waals surface area contributed by atoms with Crippen molar-refractivity contribution in [3.8, 4) is 5.75 Å². The van der Waals surface area contributed by atoms with Crippen LogP contribution in [0.2, 0.25) is 0 Å². The molecule has 2 aromatic carbocycles. The van der Waals surface area contributed by atoms with E-state index in [1.165, 1.54) is 10.9 Å². The predicted octanol–water partition coefficient (Wildman–Crippen LogP) is 5.03. The molecular formula is C28H37N3O3. The van der Waals surface area contributed by atoms with Gasteiger partial charge in [0.05, 0.1) is 13.7 Å². The molecule has 34 heavy (non-hydrogen) atoms. The monoisotopic (exact) mass is 463 g/mol. The second-order valence-electron chi connectivity index (χ2n) is 9.71. The van der Waals surface area contributed by atoms with Gasteiger partial charge in [-0.2, -0.15) is 0 Å². The van der Waals surface area contributed by atoms with Gasteiger partial charge in [0.1, 0.15) is 5.75 Å². The highest BCUT2D eigenvalue weighted by Crippen LogP contribution is 2.23. The van der Waals surface area contributed by atoms with Crippen molar-refractivity contribution in [1.29, 1.82) is 0 Å². The predicted molar refractivity (Wildman–Crippen MR) is 137 cm³/mol. The van der Waals surface area contributed by atoms with E-state index in [4.69, 9.17) is 4.74 Å². The number of carbonyl (C=O) groups is 2. The van der Waals surface area contributed by atoms with Gasteiger partial charge in [-0.05, 0) is 30.5 Å². The molecule has 3 rings (SSSR count). The van der Waals surface area contributed by atoms with Crippen LogP contribution >= 0.6 is 0 Å². The molecule has 0 aliphatic carbocycles. The van der Waals surface area contributed by atoms with E-state index in [1.807, 2.05) is 75.2 Å². The maximum atomic E-state index is 13.6. The molecule has 0 saturated carbocycles. The topological polar surface area (TPSA) is 65.6 Å². The average Bonchev–Trinajstić information content (AvgIpc) is 3.23. The van der Waals surface area contributed by atoms with Crippen molar-refractivity contribution in [2.45, 2.75) is 47.1 Å². The van der Waals surface area contributed by atoms with Gasteiger partial charge in [-0.15, -0.1) is 0 Å². The molecule has 2 amide bonds. The number of nitrogens with zero attached hydrogens (tertiary/aromatic N) is 2. The molecule has 0 atom stereocenters. The van der Waals surface area contributed by atoms with E-state index in [0.29, 0.717) is 26.1 Å². The molecule has 0 unspecified atom stereocenters. The third-order valence-electron chi connectivity index (χ3n) is 5.98. The van der Waals surface area contributed by atoms with E-state index < -0.39 is 5.41 Å². The first-order chi connectivity index (χ1) is 16.2. The number of hydrogen-bond donors (Lipinski definition) is 1. The summed E-state index contributed by atoms with van der Waals surface area (Å²) < 4.78 is 5.53. The van der Waals surface area contributed by atoms with Crippen LogP contribution in [0.5, 0.6) is 5.75 Å². The molecule has 0 saturated heterocycles. The first kappa shape index (κ1) is 25.3. The molecule has 3 aromatic rings. The highest BCUT2D eigenvalue weighted by Gasteiger charge is 2.29. The summed E-state index contributed by atoms with van der Waals surface area (Å²) in [4.78, 5) is 33.4. The van der Waals surface area contributed by atoms with Crippen molar-refractivity contribution in [1.82, 2.24) is 14.8 Å². The highest BCUT2D eigenvalue weighted by molar-refractivity contribution is 5.87. The summed E-state index contributed by atoms with van der Waals surface area (Å²) in [5.74, 6) is 0.692. The minimum Gasteiger partial charge on any atom is -0.496 e. The maximum absolute atomic E-state index is 13.6. The molecule has 0 bridgehead atoms. The van der Waals surface area contributed by atoms with Crippen molar-refractivity contribution in [2.75, 3.05) is 26.7 Å². The van der Waals surface area contributed by atoms with Crippen LogP contribution in [0, 0.1) is 5.41 Å². The zero-order chi connectivity index (χ0) is 24.7. The quantitative estimate of drug-likeness (QED) is 0.458. The summed E-state index contributed by atoms with van der Waals surface area (Å²) in [6, 6.07) is 15.9. The highest BCUT2D eigenvalue weighted by atomic mass is 16.5. The normalized spacial score (nSPS) is 11.4. The van der Waals surface area contributed by atoms with Crippen molar-refractivity contribution in [3.63, 3.8) is 0 Å². The van der Waals surface area contributed by atoms with Crippen molar-refractivity contribution < 1.29 is 14.3 Å². The van der Waals surface area contributed by atoms with Gasteiger partial charge >= 0.3 is 0 Å². The molecule has 6 nitrogen and oxygen atoms in total. The summed E-state index contributed by atoms with van der Waals surface area (Å²) in [5.41, 5.74) is 2.67. The van der Waals surface area contributed by atoms with E-state index in [2.05, 4.69) is 17.1 Å². The van der Waals surface area contributed by atoms with Crippen molar-refractivity contribution in [3.05, 3.63) is 65.9 Å². The van der Waals surface area contributed by atoms with Gasteiger partial charge in [0.25, 0.3) is 0 Å². The SMILES string of the molecule is CCCN(CC(=O)N(CCc1c[nH]c2ccccc12)Cc1ccccc1OC)C(=O)C(C)(C)C. The summed E-state index contributed by atoms with van der Waals surface area (Å²) in [5, 5.41) is 1.17. The Morgan fingerprint density at radius 3 is 2.35 bits per heavy atom. The van der Waals surface area contributed by atoms with Gasteiger partial charge < -0.3 is 19.5 Å². The Kier molecular flexibility index (Phi) is 8.37. The number of carbonyl (C=O) groups excluding carboxylic acids is 2. The van der Waals surface area contributed by atoms with Gasteiger partial charge in [-0.25, -0.2) is 0 Å². The lowest BCUT2D eigenvalue weighted by Crippen LogP contribution is -2.47. The van der Waals surface area contributed by atoms with Crippen molar-refractivity contribution >= 4 is 22.7 Å². The molecule has 182 valence electrons. The van der Waals surface area contributed by atoms with Crippen LogP contribution < -0.4 is 4.74 Å². The van der Waals surface area contributed by atoms with E-state index in [0.717, 1.165) is 23.3 Å². The molecule has 0 radical (unpaired) electrons. The van der Waals surface area contributed by atoms with E-state index in [9.17, 15) is 9.59 Å². The Hall–Kier alpha value is -3.28. The Morgan fingerprint density at radius 1 is 0.941 bits per heavy atom. The zero-order valence-corrected chi connectivity index (χ0v) is 21.1. The first-order valence-corrected chi connectivity index (χ1v) is 12.0. The molecule has 0 fully saturated rings. The second-order valence-corrected chi connectivity index (χ2v) is 9.71. The van der Waals surface area contributed by atoms with Crippen LogP contribution in [0.4, 0.5) is 0 Å². The van der Waals surface area contributed by atoms with Crippen LogP contribution in [-0.4, -0.2) is 53.3 Å². The molecule has 0 aliphatic heterocycles. The Bertz CT molecular complexity index is 1110. The van der Waals surface area contributed by atoms with Gasteiger partial charge in [0.2, 0.25) is 11.8 Å². The fourth-order valence-electron chi connectivity index (χ4n) is 4.18. The molecule has 1 heterocycles. The van der Waals surface area contributed by atoms with E-state index >= 15 is 0 Å². The number of para-hydroxylation sites is 2. The zero-order valence-electron chi connectivity index (χ0n) is 21.1. The molecular weight excluding hydrogens is 426 g/mol. The summed E-state index contributed by atoms with van der Waals surface area (Å²) >= 11 is 0. The summed E-state index contributed by atoms with van der Waals surface area (Å²) in [7, 11) is 1.64. The lowest BCUT2D eigenvalue weighted by Gasteiger charge is -2.31. The lowest BCUT2D eigenvalue weighted by atomic mass is 9.94. The van der Waals surface area contributed by atoms with Crippen LogP contribution in [0.15, 0.2) is 54.7 Å². The molecule has 0 aliphatic rings. The van der Waals surface area contributed by atoms with Gasteiger partial charge in [-0.3, -0.25) is 9.59 Å². The summed E-state index contributed by atoms with van der Waals surface area (Å²) in [6.07, 6.45) is 3.53. The van der Waals surface area contributed by atoms with Crippen LogP contribution in [0.3, 0.4) is 0 Å².